The SMILES string of the molecule is CC(C)N1CCCC(O)(c2cccc(Cl)c2)CC1. The van der Waals surface area contributed by atoms with E-state index in [2.05, 4.69) is 18.7 Å². The Morgan fingerprint density at radius 3 is 2.72 bits per heavy atom. The molecule has 1 unspecified atom stereocenters. The zero-order valence-corrected chi connectivity index (χ0v) is 12.0. The van der Waals surface area contributed by atoms with Crippen molar-refractivity contribution in [3.8, 4) is 0 Å². The lowest BCUT2D eigenvalue weighted by atomic mass is 9.87. The minimum Gasteiger partial charge on any atom is -0.385 e. The molecule has 0 radical (unpaired) electrons. The van der Waals surface area contributed by atoms with Crippen LogP contribution in [0.5, 0.6) is 0 Å². The lowest BCUT2D eigenvalue weighted by molar-refractivity contribution is 0.0204. The molecular formula is C15H22ClNO. The van der Waals surface area contributed by atoms with Crippen molar-refractivity contribution in [3.05, 3.63) is 34.9 Å². The summed E-state index contributed by atoms with van der Waals surface area (Å²) in [6.07, 6.45) is 2.63. The van der Waals surface area contributed by atoms with Gasteiger partial charge in [-0.3, -0.25) is 0 Å². The zero-order valence-electron chi connectivity index (χ0n) is 11.2. The van der Waals surface area contributed by atoms with Gasteiger partial charge < -0.3 is 10.0 Å². The van der Waals surface area contributed by atoms with Gasteiger partial charge in [-0.05, 0) is 57.4 Å². The summed E-state index contributed by atoms with van der Waals surface area (Å²) < 4.78 is 0. The third kappa shape index (κ3) is 3.05. The second kappa shape index (κ2) is 5.60. The maximum atomic E-state index is 10.9. The number of hydrogen-bond donors (Lipinski definition) is 1. The van der Waals surface area contributed by atoms with Crippen LogP contribution in [-0.2, 0) is 5.60 Å². The third-order valence-corrected chi connectivity index (χ3v) is 4.18. The third-order valence-electron chi connectivity index (χ3n) is 3.94. The molecule has 1 aromatic rings. The molecule has 1 heterocycles. The molecule has 100 valence electrons. The molecule has 2 nitrogen and oxygen atoms in total. The first-order chi connectivity index (χ1) is 8.51. The highest BCUT2D eigenvalue weighted by molar-refractivity contribution is 6.30. The molecule has 1 aliphatic heterocycles. The maximum Gasteiger partial charge on any atom is 0.0909 e. The molecule has 0 spiro atoms. The Labute approximate surface area is 115 Å². The largest absolute Gasteiger partial charge is 0.385 e. The van der Waals surface area contributed by atoms with Crippen molar-refractivity contribution in [2.45, 2.75) is 44.8 Å². The van der Waals surface area contributed by atoms with Crippen LogP contribution in [-0.4, -0.2) is 29.1 Å². The van der Waals surface area contributed by atoms with Gasteiger partial charge in [0.1, 0.15) is 0 Å². The normalized spacial score (nSPS) is 26.3. The van der Waals surface area contributed by atoms with Gasteiger partial charge in [0.15, 0.2) is 0 Å². The molecule has 1 atom stereocenters. The van der Waals surface area contributed by atoms with Crippen LogP contribution in [0.1, 0.15) is 38.7 Å². The van der Waals surface area contributed by atoms with Crippen LogP contribution in [0.4, 0.5) is 0 Å². The fourth-order valence-corrected chi connectivity index (χ4v) is 2.91. The van der Waals surface area contributed by atoms with Gasteiger partial charge in [0.2, 0.25) is 0 Å². The second-order valence-electron chi connectivity index (χ2n) is 5.53. The smallest absolute Gasteiger partial charge is 0.0909 e. The average molecular weight is 268 g/mol. The predicted molar refractivity (Wildman–Crippen MR) is 75.9 cm³/mol. The highest BCUT2D eigenvalue weighted by Crippen LogP contribution is 2.34. The van der Waals surface area contributed by atoms with Crippen LogP contribution >= 0.6 is 11.6 Å². The fraction of sp³-hybridized carbons (Fsp3) is 0.600. The Kier molecular flexibility index (Phi) is 4.31. The summed E-state index contributed by atoms with van der Waals surface area (Å²) in [6, 6.07) is 8.20. The summed E-state index contributed by atoms with van der Waals surface area (Å²) in [6.45, 7) is 6.44. The van der Waals surface area contributed by atoms with Crippen LogP contribution < -0.4 is 0 Å². The first-order valence-electron chi connectivity index (χ1n) is 6.74. The van der Waals surface area contributed by atoms with Crippen molar-refractivity contribution in [1.29, 1.82) is 0 Å². The van der Waals surface area contributed by atoms with Gasteiger partial charge in [0, 0.05) is 17.6 Å². The molecule has 1 aromatic carbocycles. The molecule has 3 heteroatoms. The maximum absolute atomic E-state index is 10.9. The van der Waals surface area contributed by atoms with E-state index in [-0.39, 0.29) is 0 Å². The minimum atomic E-state index is -0.714. The van der Waals surface area contributed by atoms with Crippen molar-refractivity contribution >= 4 is 11.6 Å². The van der Waals surface area contributed by atoms with Crippen molar-refractivity contribution in [2.75, 3.05) is 13.1 Å². The van der Waals surface area contributed by atoms with E-state index in [1.54, 1.807) is 0 Å². The number of rotatable bonds is 2. The first-order valence-corrected chi connectivity index (χ1v) is 7.11. The number of aliphatic hydroxyl groups is 1. The van der Waals surface area contributed by atoms with Gasteiger partial charge in [-0.2, -0.15) is 0 Å². The average Bonchev–Trinajstić information content (AvgIpc) is 2.52. The molecule has 0 amide bonds. The molecule has 1 aliphatic rings. The summed E-state index contributed by atoms with van der Waals surface area (Å²) in [7, 11) is 0. The number of likely N-dealkylation sites (tertiary alicyclic amines) is 1. The predicted octanol–water partition coefficient (Wildman–Crippen LogP) is 3.42. The summed E-state index contributed by atoms with van der Waals surface area (Å²) in [5, 5.41) is 11.6. The van der Waals surface area contributed by atoms with Crippen LogP contribution in [0.2, 0.25) is 5.02 Å². The Bertz CT molecular complexity index is 407. The Balaban J connectivity index is 2.16. The lowest BCUT2D eigenvalue weighted by Gasteiger charge is -2.28. The van der Waals surface area contributed by atoms with Crippen LogP contribution in [0.25, 0.3) is 0 Å². The number of benzene rings is 1. The molecule has 18 heavy (non-hydrogen) atoms. The zero-order chi connectivity index (χ0) is 13.2. The van der Waals surface area contributed by atoms with E-state index in [0.717, 1.165) is 37.9 Å². The lowest BCUT2D eigenvalue weighted by Crippen LogP contribution is -2.33. The van der Waals surface area contributed by atoms with E-state index in [1.807, 2.05) is 24.3 Å². The van der Waals surface area contributed by atoms with Gasteiger partial charge in [-0.25, -0.2) is 0 Å². The molecule has 1 N–H and O–H groups in total. The van der Waals surface area contributed by atoms with Crippen LogP contribution in [0, 0.1) is 0 Å². The van der Waals surface area contributed by atoms with Crippen molar-refractivity contribution in [1.82, 2.24) is 4.90 Å². The number of halogens is 1. The van der Waals surface area contributed by atoms with Gasteiger partial charge in [0.25, 0.3) is 0 Å². The van der Waals surface area contributed by atoms with E-state index in [9.17, 15) is 5.11 Å². The van der Waals surface area contributed by atoms with E-state index in [4.69, 9.17) is 11.6 Å². The van der Waals surface area contributed by atoms with Gasteiger partial charge >= 0.3 is 0 Å². The van der Waals surface area contributed by atoms with E-state index in [0.29, 0.717) is 11.1 Å². The van der Waals surface area contributed by atoms with Crippen molar-refractivity contribution in [3.63, 3.8) is 0 Å². The monoisotopic (exact) mass is 267 g/mol. The summed E-state index contributed by atoms with van der Waals surface area (Å²) in [4.78, 5) is 2.43. The van der Waals surface area contributed by atoms with E-state index in [1.165, 1.54) is 0 Å². The first kappa shape index (κ1) is 13.9. The van der Waals surface area contributed by atoms with Gasteiger partial charge in [-0.1, -0.05) is 23.7 Å². The molecular weight excluding hydrogens is 246 g/mol. The molecule has 0 bridgehead atoms. The summed E-state index contributed by atoms with van der Waals surface area (Å²) >= 11 is 6.02. The quantitative estimate of drug-likeness (QED) is 0.888. The Morgan fingerprint density at radius 1 is 1.28 bits per heavy atom. The van der Waals surface area contributed by atoms with E-state index >= 15 is 0 Å². The van der Waals surface area contributed by atoms with Gasteiger partial charge in [0.05, 0.1) is 5.60 Å². The molecule has 0 saturated carbocycles. The van der Waals surface area contributed by atoms with Gasteiger partial charge in [-0.15, -0.1) is 0 Å². The molecule has 1 saturated heterocycles. The number of hydrogen-bond acceptors (Lipinski definition) is 2. The van der Waals surface area contributed by atoms with Crippen molar-refractivity contribution in [2.24, 2.45) is 0 Å². The highest BCUT2D eigenvalue weighted by Gasteiger charge is 2.32. The molecule has 2 rings (SSSR count). The highest BCUT2D eigenvalue weighted by atomic mass is 35.5. The van der Waals surface area contributed by atoms with E-state index < -0.39 is 5.60 Å². The number of nitrogens with zero attached hydrogens (tertiary/aromatic N) is 1. The fourth-order valence-electron chi connectivity index (χ4n) is 2.72. The Hall–Kier alpha value is -0.570. The standard InChI is InChI=1S/C15H22ClNO/c1-12(2)17-9-4-7-15(18,8-10-17)13-5-3-6-14(16)11-13/h3,5-6,11-12,18H,4,7-10H2,1-2H3. The van der Waals surface area contributed by atoms with Crippen molar-refractivity contribution < 1.29 is 5.11 Å². The molecule has 0 aliphatic carbocycles. The summed E-state index contributed by atoms with van der Waals surface area (Å²) in [5.41, 5.74) is 0.245. The molecule has 1 fully saturated rings. The Morgan fingerprint density at radius 2 is 2.06 bits per heavy atom. The second-order valence-corrected chi connectivity index (χ2v) is 5.96. The summed E-state index contributed by atoms with van der Waals surface area (Å²) in [5.74, 6) is 0. The van der Waals surface area contributed by atoms with Crippen LogP contribution in [0.3, 0.4) is 0 Å². The van der Waals surface area contributed by atoms with Crippen LogP contribution in [0.15, 0.2) is 24.3 Å². The topological polar surface area (TPSA) is 23.5 Å². The molecule has 0 aromatic heterocycles. The minimum absolute atomic E-state index is 0.548.